The molecule has 188 valence electrons. The van der Waals surface area contributed by atoms with Gasteiger partial charge in [0.2, 0.25) is 0 Å². The Morgan fingerprint density at radius 2 is 1.88 bits per heavy atom. The van der Waals surface area contributed by atoms with Crippen LogP contribution in [0.2, 0.25) is 0 Å². The third-order valence-corrected chi connectivity index (χ3v) is 8.89. The number of fused-ring (bicyclic) bond motifs is 1. The molecule has 1 saturated carbocycles. The van der Waals surface area contributed by atoms with Crippen LogP contribution in [-0.4, -0.2) is 75.7 Å². The summed E-state index contributed by atoms with van der Waals surface area (Å²) in [5, 5.41) is 26.5. The lowest BCUT2D eigenvalue weighted by Gasteiger charge is -2.32. The maximum atomic E-state index is 12.0. The van der Waals surface area contributed by atoms with Gasteiger partial charge in [-0.15, -0.1) is 0 Å². The third-order valence-electron chi connectivity index (χ3n) is 4.90. The molecular weight excluding hydrogens is 515 g/mol. The van der Waals surface area contributed by atoms with Crippen LogP contribution in [0.4, 0.5) is 5.82 Å². The Labute approximate surface area is 185 Å². The number of aliphatic hydroxyl groups excluding tert-OH is 1. The van der Waals surface area contributed by atoms with Crippen LogP contribution in [0.25, 0.3) is 0 Å². The zero-order valence-electron chi connectivity index (χ0n) is 16.7. The van der Waals surface area contributed by atoms with E-state index in [-0.39, 0.29) is 17.9 Å². The fraction of sp³-hybridized carbons (Fsp3) is 0.667. The van der Waals surface area contributed by atoms with Gasteiger partial charge in [-0.05, 0) is 13.3 Å². The molecule has 1 aliphatic carbocycles. The van der Waals surface area contributed by atoms with Crippen LogP contribution in [-0.2, 0) is 27.1 Å². The fourth-order valence-electron chi connectivity index (χ4n) is 3.54. The second-order valence-electron chi connectivity index (χ2n) is 7.46. The lowest BCUT2D eigenvalue weighted by atomic mass is 9.98. The Kier molecular flexibility index (Phi) is 7.01. The molecule has 10 N–H and O–H groups in total. The number of carbonyl (C=O) groups excluding carboxylic acids is 1. The quantitative estimate of drug-likeness (QED) is 0.164. The first-order valence-corrected chi connectivity index (χ1v) is 13.8. The number of hydrogen-bond donors (Lipinski definition) is 9. The number of nitrogens with zero attached hydrogens (tertiary/aromatic N) is 2. The zero-order chi connectivity index (χ0) is 25.0. The lowest BCUT2D eigenvalue weighted by Crippen LogP contribution is -2.51. The molecule has 1 aromatic rings. The van der Waals surface area contributed by atoms with Crippen molar-refractivity contribution in [1.82, 2.24) is 14.9 Å². The summed E-state index contributed by atoms with van der Waals surface area (Å²) >= 11 is 0. The summed E-state index contributed by atoms with van der Waals surface area (Å²) in [7, 11) is -16.3. The molecular formula is C12H22N5O13P3. The van der Waals surface area contributed by atoms with Crippen LogP contribution < -0.4 is 16.4 Å². The molecule has 0 radical (unpaired) electrons. The van der Waals surface area contributed by atoms with Crippen molar-refractivity contribution in [2.75, 3.05) is 11.7 Å². The Balaban J connectivity index is 1.73. The number of phosphoric acid groups is 2. The average Bonchev–Trinajstić information content (AvgIpc) is 3.10. The van der Waals surface area contributed by atoms with Crippen molar-refractivity contribution in [3.05, 3.63) is 12.0 Å². The molecule has 1 amide bonds. The molecule has 7 atom stereocenters. The monoisotopic (exact) mass is 537 g/mol. The highest BCUT2D eigenvalue weighted by Crippen LogP contribution is 2.66. The number of hydrogen-bond acceptors (Lipinski definition) is 12. The van der Waals surface area contributed by atoms with Gasteiger partial charge in [0.25, 0.3) is 5.91 Å². The topological polar surface area (TPSA) is 285 Å². The van der Waals surface area contributed by atoms with Crippen molar-refractivity contribution >= 4 is 35.0 Å². The van der Waals surface area contributed by atoms with E-state index in [9.17, 15) is 38.5 Å². The molecule has 1 aliphatic heterocycles. The van der Waals surface area contributed by atoms with E-state index in [0.717, 1.165) is 0 Å². The number of anilines is 1. The van der Waals surface area contributed by atoms with Crippen molar-refractivity contribution in [1.29, 1.82) is 0 Å². The predicted octanol–water partition coefficient (Wildman–Crippen LogP) is -1.91. The van der Waals surface area contributed by atoms with Gasteiger partial charge in [0, 0.05) is 0 Å². The van der Waals surface area contributed by atoms with Crippen molar-refractivity contribution in [3.63, 3.8) is 0 Å². The number of amides is 1. The summed E-state index contributed by atoms with van der Waals surface area (Å²) in [4.78, 5) is 52.0. The van der Waals surface area contributed by atoms with Gasteiger partial charge in [-0.1, -0.05) is 0 Å². The average molecular weight is 537 g/mol. The molecule has 2 heterocycles. The van der Waals surface area contributed by atoms with Gasteiger partial charge in [-0.3, -0.25) is 15.1 Å². The molecule has 1 fully saturated rings. The summed E-state index contributed by atoms with van der Waals surface area (Å²) in [6.07, 6.45) is -4.21. The molecule has 33 heavy (non-hydrogen) atoms. The van der Waals surface area contributed by atoms with E-state index in [2.05, 4.69) is 24.2 Å². The van der Waals surface area contributed by atoms with E-state index in [1.54, 1.807) is 0 Å². The summed E-state index contributed by atoms with van der Waals surface area (Å²) in [6, 6.07) is -0.972. The van der Waals surface area contributed by atoms with E-state index in [1.165, 1.54) is 17.8 Å². The highest BCUT2D eigenvalue weighted by molar-refractivity contribution is 7.68. The van der Waals surface area contributed by atoms with Gasteiger partial charge in [-0.2, -0.15) is 4.31 Å². The Bertz CT molecular complexity index is 1070. The predicted molar refractivity (Wildman–Crippen MR) is 105 cm³/mol. The summed E-state index contributed by atoms with van der Waals surface area (Å²) in [5.41, 5.74) is 3.74. The number of nitrogens with two attached hydrogens (primary N) is 1. The molecule has 0 spiro atoms. The molecule has 1 aromatic heterocycles. The van der Waals surface area contributed by atoms with Crippen LogP contribution in [0.5, 0.6) is 0 Å². The van der Waals surface area contributed by atoms with Crippen molar-refractivity contribution in [2.24, 2.45) is 5.73 Å². The van der Waals surface area contributed by atoms with E-state index in [4.69, 9.17) is 20.3 Å². The number of ether oxygens (including phenoxy) is 1. The highest BCUT2D eigenvalue weighted by Gasteiger charge is 2.54. The number of rotatable bonds is 8. The Morgan fingerprint density at radius 3 is 2.48 bits per heavy atom. The van der Waals surface area contributed by atoms with Gasteiger partial charge in [0.15, 0.2) is 12.0 Å². The molecule has 0 bridgehead atoms. The molecule has 21 heteroatoms. The minimum absolute atomic E-state index is 0.0247. The largest absolute Gasteiger partial charge is 0.488 e. The number of aliphatic hydroxyl groups is 2. The minimum atomic E-state index is -5.65. The first-order valence-electron chi connectivity index (χ1n) is 8.96. The molecule has 3 rings (SSSR count). The van der Waals surface area contributed by atoms with Gasteiger partial charge < -0.3 is 49.7 Å². The second kappa shape index (κ2) is 8.77. The Hall–Kier alpha value is -1.23. The van der Waals surface area contributed by atoms with Crippen molar-refractivity contribution in [2.45, 2.75) is 43.5 Å². The molecule has 18 nitrogen and oxygen atoms in total. The summed E-state index contributed by atoms with van der Waals surface area (Å²) in [6.45, 7) is 1.24. The summed E-state index contributed by atoms with van der Waals surface area (Å²) in [5.74, 6) is -0.429. The molecule has 2 aliphatic rings. The number of imidazole rings is 1. The van der Waals surface area contributed by atoms with Gasteiger partial charge in [0.05, 0.1) is 18.5 Å². The standard InChI is InChI=1S/C12H22N5O13P3/c1-12(20)6(17-3-14-7-9(17)15-11(13)16-10(7)19)2-5(8(12)18)28-4-31(21,22)29-33(26,27)30-32(23,24)25/h3,5-6,8,11,15,18,20H,2,4,13H2,1H3,(H,16,19)(H,21,22)(H,26,27)(H2,23,24,25)/t5-,6+,8+,11?,12-/m0/s1. The number of aromatic nitrogens is 2. The van der Waals surface area contributed by atoms with E-state index >= 15 is 0 Å². The van der Waals surface area contributed by atoms with Crippen molar-refractivity contribution < 1.29 is 61.6 Å². The first-order chi connectivity index (χ1) is 14.9. The van der Waals surface area contributed by atoms with Crippen LogP contribution in [0.15, 0.2) is 6.33 Å². The first kappa shape index (κ1) is 26.4. The third kappa shape index (κ3) is 5.89. The van der Waals surface area contributed by atoms with E-state index in [0.29, 0.717) is 0 Å². The van der Waals surface area contributed by atoms with Gasteiger partial charge >= 0.3 is 23.2 Å². The van der Waals surface area contributed by atoms with E-state index < -0.39 is 65.6 Å². The van der Waals surface area contributed by atoms with Crippen LogP contribution in [0.1, 0.15) is 29.9 Å². The highest BCUT2D eigenvalue weighted by atomic mass is 31.3. The maximum absolute atomic E-state index is 12.0. The van der Waals surface area contributed by atoms with Crippen LogP contribution in [0, 0.1) is 0 Å². The molecule has 3 unspecified atom stereocenters. The zero-order valence-corrected chi connectivity index (χ0v) is 19.3. The maximum Gasteiger partial charge on any atom is 0.488 e. The minimum Gasteiger partial charge on any atom is -0.387 e. The SMILES string of the molecule is C[C@@]1(O)[C@H](O)[C@@H](OCP(=O)(O)OP(=O)(O)OP(=O)(O)O)C[C@H]1n1cnc2c1NC(N)NC2=O. The number of carbonyl (C=O) groups is 1. The van der Waals surface area contributed by atoms with Gasteiger partial charge in [0.1, 0.15) is 23.9 Å². The lowest BCUT2D eigenvalue weighted by molar-refractivity contribution is -0.0995. The smallest absolute Gasteiger partial charge is 0.387 e. The van der Waals surface area contributed by atoms with Crippen LogP contribution >= 0.6 is 23.2 Å². The fourth-order valence-corrected chi connectivity index (χ4v) is 6.86. The summed E-state index contributed by atoms with van der Waals surface area (Å²) < 4.78 is 48.0. The van der Waals surface area contributed by atoms with Crippen molar-refractivity contribution in [3.8, 4) is 0 Å². The van der Waals surface area contributed by atoms with E-state index in [1.807, 2.05) is 0 Å². The normalized spacial score (nSPS) is 33.5. The Morgan fingerprint density at radius 1 is 1.24 bits per heavy atom. The molecule has 0 aromatic carbocycles. The second-order valence-corrected chi connectivity index (χ2v) is 12.2. The van der Waals surface area contributed by atoms with Gasteiger partial charge in [-0.25, -0.2) is 18.4 Å². The van der Waals surface area contributed by atoms with Crippen LogP contribution in [0.3, 0.4) is 0 Å². The number of nitrogens with one attached hydrogen (secondary N) is 2. The molecule has 0 saturated heterocycles.